The second-order valence-corrected chi connectivity index (χ2v) is 6.52. The third kappa shape index (κ3) is 21.7. The molecule has 29 heavy (non-hydrogen) atoms. The van der Waals surface area contributed by atoms with Crippen molar-refractivity contribution in [3.63, 3.8) is 0 Å². The molecule has 2 unspecified atom stereocenters. The lowest BCUT2D eigenvalue weighted by Gasteiger charge is -2.16. The van der Waals surface area contributed by atoms with Gasteiger partial charge in [0.05, 0.1) is 51.8 Å². The SMILES string of the molecule is C=CCOCCC(COC)OC.C=CCOCCC1COC(C)(C)O1.OCCO. The van der Waals surface area contributed by atoms with Crippen molar-refractivity contribution >= 4 is 0 Å². The Morgan fingerprint density at radius 1 is 1.07 bits per heavy atom. The first-order valence-corrected chi connectivity index (χ1v) is 9.83. The zero-order valence-corrected chi connectivity index (χ0v) is 18.6. The van der Waals surface area contributed by atoms with Crippen LogP contribution >= 0.6 is 0 Å². The Morgan fingerprint density at radius 2 is 1.66 bits per heavy atom. The predicted molar refractivity (Wildman–Crippen MR) is 113 cm³/mol. The Balaban J connectivity index is 0. The van der Waals surface area contributed by atoms with Crippen LogP contribution < -0.4 is 0 Å². The van der Waals surface area contributed by atoms with Crippen molar-refractivity contribution < 1.29 is 38.6 Å². The summed E-state index contributed by atoms with van der Waals surface area (Å²) >= 11 is 0. The predicted octanol–water partition coefficient (Wildman–Crippen LogP) is 1.94. The largest absolute Gasteiger partial charge is 0.394 e. The van der Waals surface area contributed by atoms with Gasteiger partial charge in [-0.25, -0.2) is 0 Å². The molecule has 0 aromatic rings. The molecule has 1 aliphatic heterocycles. The van der Waals surface area contributed by atoms with Crippen LogP contribution in [0.2, 0.25) is 0 Å². The van der Waals surface area contributed by atoms with Gasteiger partial charge in [-0.15, -0.1) is 13.2 Å². The smallest absolute Gasteiger partial charge is 0.163 e. The monoisotopic (exact) mass is 422 g/mol. The number of hydrogen-bond acceptors (Lipinski definition) is 8. The van der Waals surface area contributed by atoms with Gasteiger partial charge in [-0.2, -0.15) is 0 Å². The van der Waals surface area contributed by atoms with Crippen LogP contribution in [0.25, 0.3) is 0 Å². The minimum atomic E-state index is -0.414. The molecule has 0 aromatic carbocycles. The Labute approximate surface area is 176 Å². The topological polar surface area (TPSA) is 95.8 Å². The second kappa shape index (κ2) is 21.9. The molecular weight excluding hydrogens is 380 g/mol. The van der Waals surface area contributed by atoms with E-state index in [4.69, 9.17) is 38.6 Å². The summed E-state index contributed by atoms with van der Waals surface area (Å²) < 4.78 is 31.6. The maximum atomic E-state index is 7.62. The normalized spacial score (nSPS) is 18.1. The van der Waals surface area contributed by atoms with Gasteiger partial charge < -0.3 is 38.6 Å². The summed E-state index contributed by atoms with van der Waals surface area (Å²) in [4.78, 5) is 0. The van der Waals surface area contributed by atoms with Crippen LogP contribution in [-0.2, 0) is 28.4 Å². The molecule has 1 saturated heterocycles. The van der Waals surface area contributed by atoms with E-state index in [2.05, 4.69) is 13.2 Å². The third-order valence-corrected chi connectivity index (χ3v) is 3.49. The number of aliphatic hydroxyl groups is 2. The molecule has 1 heterocycles. The standard InChI is InChI=1S/C10H18O3.C9H18O3.C2H6O2/c1-4-6-11-7-5-9-8-12-10(2,3)13-9;1-4-6-12-7-5-9(11-3)8-10-2;3-1-2-4/h4,9H,1,5-8H2,2-3H3;4,9H,1,5-8H2,2-3H3;3-4H,1-2H2. The van der Waals surface area contributed by atoms with Gasteiger partial charge in [-0.3, -0.25) is 0 Å². The molecule has 0 aliphatic carbocycles. The quantitative estimate of drug-likeness (QED) is 0.324. The maximum absolute atomic E-state index is 7.62. The van der Waals surface area contributed by atoms with Crippen LogP contribution in [0.1, 0.15) is 26.7 Å². The number of ether oxygens (including phenoxy) is 6. The zero-order chi connectivity index (χ0) is 22.4. The van der Waals surface area contributed by atoms with Crippen LogP contribution in [0.5, 0.6) is 0 Å². The molecule has 0 aromatic heterocycles. The Kier molecular flexibility index (Phi) is 22.9. The number of rotatable bonds is 14. The van der Waals surface area contributed by atoms with Gasteiger partial charge >= 0.3 is 0 Å². The second-order valence-electron chi connectivity index (χ2n) is 6.52. The molecule has 0 spiro atoms. The Morgan fingerprint density at radius 3 is 2.07 bits per heavy atom. The zero-order valence-electron chi connectivity index (χ0n) is 18.6. The lowest BCUT2D eigenvalue weighted by atomic mass is 10.3. The lowest BCUT2D eigenvalue weighted by Crippen LogP contribution is -2.22. The highest BCUT2D eigenvalue weighted by Crippen LogP contribution is 2.23. The number of methoxy groups -OCH3 is 2. The highest BCUT2D eigenvalue weighted by atomic mass is 16.7. The van der Waals surface area contributed by atoms with E-state index in [9.17, 15) is 0 Å². The van der Waals surface area contributed by atoms with E-state index in [-0.39, 0.29) is 25.4 Å². The molecule has 8 nitrogen and oxygen atoms in total. The van der Waals surface area contributed by atoms with Crippen molar-refractivity contribution in [3.05, 3.63) is 25.3 Å². The van der Waals surface area contributed by atoms with Crippen molar-refractivity contribution in [2.75, 3.05) is 67.1 Å². The first-order chi connectivity index (χ1) is 13.9. The van der Waals surface area contributed by atoms with E-state index in [0.29, 0.717) is 39.6 Å². The molecule has 0 saturated carbocycles. The van der Waals surface area contributed by atoms with Crippen molar-refractivity contribution in [1.82, 2.24) is 0 Å². The van der Waals surface area contributed by atoms with Gasteiger partial charge in [0.25, 0.3) is 0 Å². The first kappa shape index (κ1) is 30.4. The summed E-state index contributed by atoms with van der Waals surface area (Å²) in [5.41, 5.74) is 0. The van der Waals surface area contributed by atoms with E-state index >= 15 is 0 Å². The van der Waals surface area contributed by atoms with Gasteiger partial charge in [0, 0.05) is 27.4 Å². The summed E-state index contributed by atoms with van der Waals surface area (Å²) in [6.07, 6.45) is 5.54. The van der Waals surface area contributed by atoms with Gasteiger partial charge in [0.2, 0.25) is 0 Å². The molecular formula is C21H42O8. The molecule has 0 bridgehead atoms. The summed E-state index contributed by atoms with van der Waals surface area (Å²) in [5, 5.41) is 15.2. The lowest BCUT2D eigenvalue weighted by molar-refractivity contribution is -0.140. The molecule has 2 atom stereocenters. The fourth-order valence-electron chi connectivity index (χ4n) is 2.12. The molecule has 0 radical (unpaired) electrons. The molecule has 1 rings (SSSR count). The molecule has 0 amide bonds. The maximum Gasteiger partial charge on any atom is 0.163 e. The van der Waals surface area contributed by atoms with E-state index in [0.717, 1.165) is 12.8 Å². The highest BCUT2D eigenvalue weighted by molar-refractivity contribution is 4.71. The highest BCUT2D eigenvalue weighted by Gasteiger charge is 2.32. The average molecular weight is 423 g/mol. The minimum absolute atomic E-state index is 0.125. The summed E-state index contributed by atoms with van der Waals surface area (Å²) in [6.45, 7) is 14.6. The first-order valence-electron chi connectivity index (χ1n) is 9.83. The number of aliphatic hydroxyl groups excluding tert-OH is 2. The van der Waals surface area contributed by atoms with Crippen molar-refractivity contribution in [1.29, 1.82) is 0 Å². The van der Waals surface area contributed by atoms with Crippen LogP contribution in [0, 0.1) is 0 Å². The summed E-state index contributed by atoms with van der Waals surface area (Å²) in [6, 6.07) is 0. The number of hydrogen-bond donors (Lipinski definition) is 2. The average Bonchev–Trinajstić information content (AvgIpc) is 3.07. The van der Waals surface area contributed by atoms with E-state index in [1.54, 1.807) is 26.4 Å². The summed E-state index contributed by atoms with van der Waals surface area (Å²) in [7, 11) is 3.34. The fourth-order valence-corrected chi connectivity index (χ4v) is 2.12. The minimum Gasteiger partial charge on any atom is -0.394 e. The van der Waals surface area contributed by atoms with Crippen molar-refractivity contribution in [3.8, 4) is 0 Å². The van der Waals surface area contributed by atoms with Gasteiger partial charge in [-0.1, -0.05) is 12.2 Å². The molecule has 1 aliphatic rings. The van der Waals surface area contributed by atoms with Crippen LogP contribution in [0.15, 0.2) is 25.3 Å². The Hall–Kier alpha value is -0.840. The van der Waals surface area contributed by atoms with Crippen molar-refractivity contribution in [2.24, 2.45) is 0 Å². The van der Waals surface area contributed by atoms with Gasteiger partial charge in [0.15, 0.2) is 5.79 Å². The van der Waals surface area contributed by atoms with E-state index < -0.39 is 5.79 Å². The van der Waals surface area contributed by atoms with Crippen LogP contribution in [0.4, 0.5) is 0 Å². The van der Waals surface area contributed by atoms with Gasteiger partial charge in [0.1, 0.15) is 0 Å². The summed E-state index contributed by atoms with van der Waals surface area (Å²) in [5.74, 6) is -0.414. The Bertz CT molecular complexity index is 361. The van der Waals surface area contributed by atoms with E-state index in [1.165, 1.54) is 0 Å². The third-order valence-electron chi connectivity index (χ3n) is 3.49. The van der Waals surface area contributed by atoms with Crippen molar-refractivity contribution in [2.45, 2.75) is 44.7 Å². The molecule has 174 valence electrons. The molecule has 1 fully saturated rings. The van der Waals surface area contributed by atoms with Crippen LogP contribution in [-0.4, -0.2) is 95.3 Å². The molecule has 2 N–H and O–H groups in total. The molecule has 8 heteroatoms. The van der Waals surface area contributed by atoms with Gasteiger partial charge in [-0.05, 0) is 26.7 Å². The fraction of sp³-hybridized carbons (Fsp3) is 0.810. The van der Waals surface area contributed by atoms with Crippen LogP contribution in [0.3, 0.4) is 0 Å². The van der Waals surface area contributed by atoms with E-state index in [1.807, 2.05) is 13.8 Å².